The van der Waals surface area contributed by atoms with Crippen LogP contribution in [0.2, 0.25) is 5.02 Å². The molecule has 2 aromatic rings. The zero-order valence-corrected chi connectivity index (χ0v) is 13.1. The van der Waals surface area contributed by atoms with E-state index in [9.17, 15) is 0 Å². The maximum Gasteiger partial charge on any atom is 0.223 e. The summed E-state index contributed by atoms with van der Waals surface area (Å²) >= 11 is 6.05. The zero-order chi connectivity index (χ0) is 15.7. The van der Waals surface area contributed by atoms with Crippen LogP contribution in [0.3, 0.4) is 0 Å². The molecule has 1 aliphatic heterocycles. The predicted molar refractivity (Wildman–Crippen MR) is 90.2 cm³/mol. The molecule has 6 nitrogen and oxygen atoms in total. The largest absolute Gasteiger partial charge is 0.383 e. The van der Waals surface area contributed by atoms with E-state index in [4.69, 9.17) is 23.1 Å². The summed E-state index contributed by atoms with van der Waals surface area (Å²) in [6.45, 7) is 1.77. The molecule has 22 heavy (non-hydrogen) atoms. The molecule has 0 amide bonds. The summed E-state index contributed by atoms with van der Waals surface area (Å²) in [5, 5.41) is 3.94. The molecule has 0 spiro atoms. The number of hydrogen-bond acceptors (Lipinski definition) is 6. The van der Waals surface area contributed by atoms with Crippen molar-refractivity contribution in [2.45, 2.75) is 12.5 Å². The lowest BCUT2D eigenvalue weighted by atomic mass is 10.0. The second-order valence-electron chi connectivity index (χ2n) is 5.47. The zero-order valence-electron chi connectivity index (χ0n) is 12.4. The standard InChI is InChI=1S/C15H19ClN6/c1-19-11-7-22(8-11)14-12(13(17)20-15(18)21-14)6-9-3-2-4-10(16)5-9/h2-5,11,19H,6-8H2,1H3,(H4,17,18,20,21). The molecule has 1 aromatic heterocycles. The van der Waals surface area contributed by atoms with Gasteiger partial charge in [-0.2, -0.15) is 9.97 Å². The molecule has 5 N–H and O–H groups in total. The minimum atomic E-state index is 0.204. The SMILES string of the molecule is CNC1CN(c2nc(N)nc(N)c2Cc2cccc(Cl)c2)C1. The quantitative estimate of drug-likeness (QED) is 0.786. The highest BCUT2D eigenvalue weighted by Gasteiger charge is 2.29. The van der Waals surface area contributed by atoms with E-state index in [1.165, 1.54) is 0 Å². The Morgan fingerprint density at radius 3 is 2.77 bits per heavy atom. The van der Waals surface area contributed by atoms with E-state index in [0.717, 1.165) is 30.0 Å². The third kappa shape index (κ3) is 2.93. The number of likely N-dealkylation sites (N-methyl/N-ethyl adjacent to an activating group) is 1. The summed E-state index contributed by atoms with van der Waals surface area (Å²) in [4.78, 5) is 10.7. The summed E-state index contributed by atoms with van der Waals surface area (Å²) in [7, 11) is 1.96. The van der Waals surface area contributed by atoms with Gasteiger partial charge in [-0.25, -0.2) is 0 Å². The maximum atomic E-state index is 6.09. The summed E-state index contributed by atoms with van der Waals surface area (Å²) < 4.78 is 0. The van der Waals surface area contributed by atoms with Gasteiger partial charge in [-0.1, -0.05) is 23.7 Å². The van der Waals surface area contributed by atoms with E-state index in [-0.39, 0.29) is 5.95 Å². The fraction of sp³-hybridized carbons (Fsp3) is 0.333. The van der Waals surface area contributed by atoms with Gasteiger partial charge in [0.25, 0.3) is 0 Å². The molecule has 7 heteroatoms. The molecule has 0 radical (unpaired) electrons. The topological polar surface area (TPSA) is 93.1 Å². The Morgan fingerprint density at radius 2 is 2.09 bits per heavy atom. The van der Waals surface area contributed by atoms with Gasteiger partial charge >= 0.3 is 0 Å². The highest BCUT2D eigenvalue weighted by Crippen LogP contribution is 2.29. The van der Waals surface area contributed by atoms with Crippen molar-refractivity contribution in [2.75, 3.05) is 36.5 Å². The molecule has 3 rings (SSSR count). The lowest BCUT2D eigenvalue weighted by Gasteiger charge is -2.41. The number of hydrogen-bond donors (Lipinski definition) is 3. The number of nitrogen functional groups attached to an aromatic ring is 2. The van der Waals surface area contributed by atoms with Crippen LogP contribution in [-0.4, -0.2) is 36.1 Å². The van der Waals surface area contributed by atoms with Crippen molar-refractivity contribution in [1.29, 1.82) is 0 Å². The highest BCUT2D eigenvalue weighted by molar-refractivity contribution is 6.30. The van der Waals surface area contributed by atoms with E-state index in [1.54, 1.807) is 0 Å². The van der Waals surface area contributed by atoms with Crippen LogP contribution in [0.5, 0.6) is 0 Å². The Hall–Kier alpha value is -2.05. The summed E-state index contributed by atoms with van der Waals surface area (Å²) in [6, 6.07) is 8.18. The van der Waals surface area contributed by atoms with Gasteiger partial charge in [-0.15, -0.1) is 0 Å². The van der Waals surface area contributed by atoms with Crippen molar-refractivity contribution < 1.29 is 0 Å². The third-order valence-corrected chi connectivity index (χ3v) is 4.13. The number of nitrogens with two attached hydrogens (primary N) is 2. The molecule has 0 bridgehead atoms. The van der Waals surface area contributed by atoms with E-state index in [2.05, 4.69) is 20.2 Å². The molecule has 0 aliphatic carbocycles. The van der Waals surface area contributed by atoms with E-state index in [1.807, 2.05) is 31.3 Å². The van der Waals surface area contributed by atoms with Crippen molar-refractivity contribution in [3.8, 4) is 0 Å². The van der Waals surface area contributed by atoms with Gasteiger partial charge in [0.2, 0.25) is 5.95 Å². The first-order valence-electron chi connectivity index (χ1n) is 7.15. The number of halogens is 1. The van der Waals surface area contributed by atoms with Crippen molar-refractivity contribution >= 4 is 29.2 Å². The van der Waals surface area contributed by atoms with E-state index >= 15 is 0 Å². The number of anilines is 3. The fourth-order valence-electron chi connectivity index (χ4n) is 2.62. The molecule has 0 atom stereocenters. The van der Waals surface area contributed by atoms with Crippen LogP contribution < -0.4 is 21.7 Å². The Morgan fingerprint density at radius 1 is 1.32 bits per heavy atom. The Kier molecular flexibility index (Phi) is 4.04. The summed E-state index contributed by atoms with van der Waals surface area (Å²) in [6.07, 6.45) is 0.628. The van der Waals surface area contributed by atoms with Crippen LogP contribution in [0.4, 0.5) is 17.6 Å². The average Bonchev–Trinajstić information content (AvgIpc) is 2.41. The van der Waals surface area contributed by atoms with Crippen molar-refractivity contribution in [2.24, 2.45) is 0 Å². The predicted octanol–water partition coefficient (Wildman–Crippen LogP) is 1.29. The van der Waals surface area contributed by atoms with Crippen LogP contribution in [0.15, 0.2) is 24.3 Å². The third-order valence-electron chi connectivity index (χ3n) is 3.89. The van der Waals surface area contributed by atoms with Crippen molar-refractivity contribution in [3.63, 3.8) is 0 Å². The number of nitrogens with zero attached hydrogens (tertiary/aromatic N) is 3. The van der Waals surface area contributed by atoms with Gasteiger partial charge < -0.3 is 21.7 Å². The first-order chi connectivity index (χ1) is 10.6. The number of rotatable bonds is 4. The van der Waals surface area contributed by atoms with Crippen LogP contribution >= 0.6 is 11.6 Å². The molecule has 1 saturated heterocycles. The van der Waals surface area contributed by atoms with Gasteiger partial charge in [0.05, 0.1) is 0 Å². The Balaban J connectivity index is 1.92. The smallest absolute Gasteiger partial charge is 0.223 e. The van der Waals surface area contributed by atoms with Crippen LogP contribution in [0, 0.1) is 0 Å². The number of aromatic nitrogens is 2. The molecular formula is C15H19ClN6. The first kappa shape index (κ1) is 14.9. The van der Waals surface area contributed by atoms with Crippen molar-refractivity contribution in [3.05, 3.63) is 40.4 Å². The second-order valence-corrected chi connectivity index (χ2v) is 5.90. The number of nitrogens with one attached hydrogen (secondary N) is 1. The van der Waals surface area contributed by atoms with Gasteiger partial charge in [0, 0.05) is 36.1 Å². The van der Waals surface area contributed by atoms with Crippen LogP contribution in [-0.2, 0) is 6.42 Å². The molecule has 1 aromatic carbocycles. The normalized spacial score (nSPS) is 14.9. The molecule has 1 fully saturated rings. The lowest BCUT2D eigenvalue weighted by molar-refractivity contribution is 0.446. The van der Waals surface area contributed by atoms with Crippen LogP contribution in [0.1, 0.15) is 11.1 Å². The van der Waals surface area contributed by atoms with Crippen LogP contribution in [0.25, 0.3) is 0 Å². The van der Waals surface area contributed by atoms with Gasteiger partial charge in [0.1, 0.15) is 11.6 Å². The van der Waals surface area contributed by atoms with Gasteiger partial charge in [-0.05, 0) is 24.7 Å². The minimum absolute atomic E-state index is 0.204. The summed E-state index contributed by atoms with van der Waals surface area (Å²) in [5.74, 6) is 1.45. The maximum absolute atomic E-state index is 6.09. The molecule has 1 aliphatic rings. The van der Waals surface area contributed by atoms with E-state index < -0.39 is 0 Å². The average molecular weight is 319 g/mol. The Labute approximate surface area is 134 Å². The molecule has 116 valence electrons. The highest BCUT2D eigenvalue weighted by atomic mass is 35.5. The molecule has 0 unspecified atom stereocenters. The molecular weight excluding hydrogens is 300 g/mol. The number of benzene rings is 1. The van der Waals surface area contributed by atoms with Crippen molar-refractivity contribution in [1.82, 2.24) is 15.3 Å². The van der Waals surface area contributed by atoms with Gasteiger partial charge in [-0.3, -0.25) is 0 Å². The molecule has 0 saturated carbocycles. The van der Waals surface area contributed by atoms with Gasteiger partial charge in [0.15, 0.2) is 0 Å². The molecule has 2 heterocycles. The second kappa shape index (κ2) is 5.98. The first-order valence-corrected chi connectivity index (χ1v) is 7.53. The lowest BCUT2D eigenvalue weighted by Crippen LogP contribution is -2.57. The monoisotopic (exact) mass is 318 g/mol. The Bertz CT molecular complexity index is 684. The minimum Gasteiger partial charge on any atom is -0.383 e. The summed E-state index contributed by atoms with van der Waals surface area (Å²) in [5.41, 5.74) is 13.8. The fourth-order valence-corrected chi connectivity index (χ4v) is 2.84. The van der Waals surface area contributed by atoms with E-state index in [0.29, 0.717) is 23.3 Å².